The minimum atomic E-state index is -0.196. The Hall–Kier alpha value is -1.69. The van der Waals surface area contributed by atoms with Crippen LogP contribution in [-0.2, 0) is 11.3 Å². The van der Waals surface area contributed by atoms with Gasteiger partial charge in [-0.2, -0.15) is 0 Å². The number of anilines is 2. The van der Waals surface area contributed by atoms with Crippen molar-refractivity contribution in [2.45, 2.75) is 74.2 Å². The number of nitrogens with zero attached hydrogens (tertiary/aromatic N) is 5. The molecule has 3 aliphatic rings. The van der Waals surface area contributed by atoms with Gasteiger partial charge in [-0.25, -0.2) is 15.0 Å². The van der Waals surface area contributed by atoms with Gasteiger partial charge in [-0.1, -0.05) is 23.4 Å². The standard InChI is InChI=1S/C25H35ClN6O3S/c1-15-24(36-19-5-8-28-23(20(19)26)32-9-3-4-17(32)12-33)30-18(13-34)22(29-15)31-10-6-25(7-11-31)14-35-16(2)21(25)27/h5,8,16-17,21,33-34H,3-4,6-7,9-14,27H2,1-2H3/t16-,17?,21+/m0/s1. The Morgan fingerprint density at radius 2 is 2.00 bits per heavy atom. The van der Waals surface area contributed by atoms with Gasteiger partial charge in [0, 0.05) is 42.2 Å². The van der Waals surface area contributed by atoms with Crippen molar-refractivity contribution in [3.63, 3.8) is 0 Å². The van der Waals surface area contributed by atoms with Crippen LogP contribution in [-0.4, -0.2) is 76.2 Å². The molecule has 3 aliphatic heterocycles. The molecule has 3 fully saturated rings. The van der Waals surface area contributed by atoms with Gasteiger partial charge in [-0.15, -0.1) is 0 Å². The Morgan fingerprint density at radius 1 is 1.22 bits per heavy atom. The molecule has 11 heteroatoms. The van der Waals surface area contributed by atoms with Crippen LogP contribution < -0.4 is 15.5 Å². The van der Waals surface area contributed by atoms with Gasteiger partial charge in [-0.3, -0.25) is 0 Å². The second-order valence-corrected chi connectivity index (χ2v) is 11.6. The number of aryl methyl sites for hydroxylation is 1. The number of hydrogen-bond acceptors (Lipinski definition) is 10. The lowest BCUT2D eigenvalue weighted by atomic mass is 9.73. The molecule has 1 spiro atoms. The Kier molecular flexibility index (Phi) is 7.63. The number of rotatable bonds is 6. The molecule has 5 heterocycles. The van der Waals surface area contributed by atoms with E-state index in [2.05, 4.69) is 21.7 Å². The summed E-state index contributed by atoms with van der Waals surface area (Å²) in [5, 5.41) is 21.1. The zero-order valence-corrected chi connectivity index (χ0v) is 22.4. The molecule has 0 radical (unpaired) electrons. The lowest BCUT2D eigenvalue weighted by molar-refractivity contribution is 0.0973. The summed E-state index contributed by atoms with van der Waals surface area (Å²) in [7, 11) is 0. The highest BCUT2D eigenvalue weighted by Crippen LogP contribution is 2.43. The molecule has 36 heavy (non-hydrogen) atoms. The predicted octanol–water partition coefficient (Wildman–Crippen LogP) is 2.77. The fourth-order valence-electron chi connectivity index (χ4n) is 5.72. The van der Waals surface area contributed by atoms with Crippen LogP contribution in [0.25, 0.3) is 0 Å². The average Bonchev–Trinajstić information content (AvgIpc) is 3.47. The van der Waals surface area contributed by atoms with Gasteiger partial charge in [0.25, 0.3) is 0 Å². The van der Waals surface area contributed by atoms with E-state index < -0.39 is 0 Å². The van der Waals surface area contributed by atoms with Crippen molar-refractivity contribution in [3.05, 3.63) is 28.7 Å². The Morgan fingerprint density at radius 3 is 2.67 bits per heavy atom. The van der Waals surface area contributed by atoms with Crippen molar-refractivity contribution in [1.29, 1.82) is 0 Å². The number of aliphatic hydroxyl groups is 2. The first-order chi connectivity index (χ1) is 17.4. The van der Waals surface area contributed by atoms with E-state index in [1.807, 2.05) is 13.0 Å². The van der Waals surface area contributed by atoms with Crippen molar-refractivity contribution in [1.82, 2.24) is 15.0 Å². The van der Waals surface area contributed by atoms with Gasteiger partial charge in [0.1, 0.15) is 16.5 Å². The third-order valence-electron chi connectivity index (χ3n) is 8.03. The molecule has 0 aromatic carbocycles. The molecule has 1 unspecified atom stereocenters. The topological polar surface area (TPSA) is 121 Å². The summed E-state index contributed by atoms with van der Waals surface area (Å²) in [5.41, 5.74) is 7.84. The number of ether oxygens (including phenoxy) is 1. The Balaban J connectivity index is 1.36. The zero-order chi connectivity index (χ0) is 25.4. The van der Waals surface area contributed by atoms with Crippen LogP contribution in [0, 0.1) is 12.3 Å². The molecular weight excluding hydrogens is 500 g/mol. The van der Waals surface area contributed by atoms with Crippen molar-refractivity contribution in [2.24, 2.45) is 11.1 Å². The van der Waals surface area contributed by atoms with E-state index in [1.165, 1.54) is 11.8 Å². The van der Waals surface area contributed by atoms with E-state index in [0.717, 1.165) is 61.7 Å². The summed E-state index contributed by atoms with van der Waals surface area (Å²) in [6, 6.07) is 1.95. The molecule has 3 atom stereocenters. The molecule has 0 aliphatic carbocycles. The molecule has 0 bridgehead atoms. The van der Waals surface area contributed by atoms with Crippen molar-refractivity contribution >= 4 is 35.0 Å². The zero-order valence-electron chi connectivity index (χ0n) is 20.9. The van der Waals surface area contributed by atoms with E-state index in [1.54, 1.807) is 6.20 Å². The fraction of sp³-hybridized carbons (Fsp3) is 0.640. The maximum Gasteiger partial charge on any atom is 0.153 e. The van der Waals surface area contributed by atoms with E-state index in [-0.39, 0.29) is 36.8 Å². The van der Waals surface area contributed by atoms with E-state index >= 15 is 0 Å². The summed E-state index contributed by atoms with van der Waals surface area (Å²) in [5.74, 6) is 1.42. The van der Waals surface area contributed by atoms with Gasteiger partial charge >= 0.3 is 0 Å². The lowest BCUT2D eigenvalue weighted by Gasteiger charge is -2.42. The predicted molar refractivity (Wildman–Crippen MR) is 141 cm³/mol. The molecule has 2 aromatic heterocycles. The summed E-state index contributed by atoms with van der Waals surface area (Å²) in [4.78, 5) is 19.3. The van der Waals surface area contributed by atoms with Gasteiger partial charge in [0.15, 0.2) is 5.82 Å². The number of halogens is 1. The van der Waals surface area contributed by atoms with Crippen LogP contribution in [0.1, 0.15) is 44.0 Å². The van der Waals surface area contributed by atoms with Gasteiger partial charge in [0.2, 0.25) is 0 Å². The number of pyridine rings is 1. The molecular formula is C25H35ClN6O3S. The first kappa shape index (κ1) is 25.9. The van der Waals surface area contributed by atoms with Crippen LogP contribution >= 0.6 is 23.4 Å². The summed E-state index contributed by atoms with van der Waals surface area (Å²) >= 11 is 8.21. The van der Waals surface area contributed by atoms with E-state index in [4.69, 9.17) is 32.0 Å². The minimum Gasteiger partial charge on any atom is -0.394 e. The maximum atomic E-state index is 10.2. The molecule has 0 amide bonds. The Labute approximate surface area is 221 Å². The third kappa shape index (κ3) is 4.68. The molecule has 5 rings (SSSR count). The summed E-state index contributed by atoms with van der Waals surface area (Å²) in [6.45, 7) is 7.01. The second kappa shape index (κ2) is 10.6. The quantitative estimate of drug-likeness (QED) is 0.510. The van der Waals surface area contributed by atoms with Crippen LogP contribution in [0.3, 0.4) is 0 Å². The highest BCUT2D eigenvalue weighted by atomic mass is 35.5. The van der Waals surface area contributed by atoms with Crippen LogP contribution in [0.4, 0.5) is 11.6 Å². The normalized spacial score (nSPS) is 25.8. The SMILES string of the molecule is Cc1nc(N2CCC3(CC2)CO[C@@H](C)[C@H]3N)c(CO)nc1Sc1ccnc(N2CCCC2CO)c1Cl. The van der Waals surface area contributed by atoms with Gasteiger partial charge < -0.3 is 30.5 Å². The average molecular weight is 535 g/mol. The molecule has 4 N–H and O–H groups in total. The maximum absolute atomic E-state index is 10.2. The number of aromatic nitrogens is 3. The lowest BCUT2D eigenvalue weighted by Crippen LogP contribution is -2.51. The molecule has 2 aromatic rings. The van der Waals surface area contributed by atoms with Crippen molar-refractivity contribution in [3.8, 4) is 0 Å². The molecule has 0 saturated carbocycles. The minimum absolute atomic E-state index is 0.0216. The number of hydrogen-bond donors (Lipinski definition) is 3. The van der Waals surface area contributed by atoms with Crippen molar-refractivity contribution in [2.75, 3.05) is 42.6 Å². The van der Waals surface area contributed by atoms with Gasteiger partial charge in [-0.05, 0) is 45.6 Å². The molecule has 9 nitrogen and oxygen atoms in total. The largest absolute Gasteiger partial charge is 0.394 e. The molecule has 196 valence electrons. The van der Waals surface area contributed by atoms with E-state index in [9.17, 15) is 10.2 Å². The number of nitrogens with two attached hydrogens (primary N) is 1. The van der Waals surface area contributed by atoms with Crippen LogP contribution in [0.2, 0.25) is 5.02 Å². The van der Waals surface area contributed by atoms with Gasteiger partial charge in [0.05, 0.1) is 42.7 Å². The van der Waals surface area contributed by atoms with E-state index in [0.29, 0.717) is 28.2 Å². The third-order valence-corrected chi connectivity index (χ3v) is 9.66. The van der Waals surface area contributed by atoms with Crippen LogP contribution in [0.5, 0.6) is 0 Å². The smallest absolute Gasteiger partial charge is 0.153 e. The highest BCUT2D eigenvalue weighted by Gasteiger charge is 2.47. The monoisotopic (exact) mass is 534 g/mol. The molecule has 3 saturated heterocycles. The fourth-order valence-corrected chi connectivity index (χ4v) is 6.92. The van der Waals surface area contributed by atoms with Crippen molar-refractivity contribution < 1.29 is 14.9 Å². The first-order valence-electron chi connectivity index (χ1n) is 12.7. The number of piperidine rings is 1. The summed E-state index contributed by atoms with van der Waals surface area (Å²) in [6.07, 6.45) is 5.61. The number of aliphatic hydroxyl groups excluding tert-OH is 2. The summed E-state index contributed by atoms with van der Waals surface area (Å²) < 4.78 is 5.85. The van der Waals surface area contributed by atoms with Crippen LogP contribution in [0.15, 0.2) is 22.2 Å². The highest BCUT2D eigenvalue weighted by molar-refractivity contribution is 7.99. The Bertz CT molecular complexity index is 1100. The first-order valence-corrected chi connectivity index (χ1v) is 13.9. The second-order valence-electron chi connectivity index (χ2n) is 10.2.